The van der Waals surface area contributed by atoms with Gasteiger partial charge in [0.25, 0.3) is 0 Å². The van der Waals surface area contributed by atoms with Crippen LogP contribution in [0.25, 0.3) is 10.2 Å². The first-order valence-electron chi connectivity index (χ1n) is 3.25. The number of rotatable bonds is 0. The summed E-state index contributed by atoms with van der Waals surface area (Å²) in [4.78, 5) is 8.20. The van der Waals surface area contributed by atoms with Crippen molar-refractivity contribution in [1.29, 1.82) is 0 Å². The highest BCUT2D eigenvalue weighted by atomic mass is 35.5. The van der Waals surface area contributed by atoms with Crippen molar-refractivity contribution in [2.75, 3.05) is 0 Å². The summed E-state index contributed by atoms with van der Waals surface area (Å²) in [6, 6.07) is 0. The number of aryl methyl sites for hydroxylation is 1. The fourth-order valence-electron chi connectivity index (χ4n) is 0.961. The summed E-state index contributed by atoms with van der Waals surface area (Å²) in [5, 5.41) is 2.93. The fraction of sp³-hybridized carbons (Fsp3) is 0.143. The van der Waals surface area contributed by atoms with Crippen LogP contribution in [0.1, 0.15) is 5.82 Å². The molecule has 0 amide bonds. The van der Waals surface area contributed by atoms with Crippen LogP contribution in [-0.4, -0.2) is 9.97 Å². The fourth-order valence-corrected chi connectivity index (χ4v) is 2.38. The Morgan fingerprint density at radius 3 is 2.83 bits per heavy atom. The van der Waals surface area contributed by atoms with Crippen LogP contribution in [0.4, 0.5) is 0 Å². The lowest BCUT2D eigenvalue weighted by atomic mass is 10.4. The second-order valence-electron chi connectivity index (χ2n) is 2.32. The Hall–Kier alpha value is -0.380. The molecule has 0 N–H and O–H groups in total. The molecular formula is C7H4Cl2N2S. The summed E-state index contributed by atoms with van der Waals surface area (Å²) in [6.07, 6.45) is 0. The van der Waals surface area contributed by atoms with Crippen molar-refractivity contribution >= 4 is 44.8 Å². The maximum atomic E-state index is 5.88. The van der Waals surface area contributed by atoms with Gasteiger partial charge in [-0.1, -0.05) is 23.2 Å². The van der Waals surface area contributed by atoms with Gasteiger partial charge in [0, 0.05) is 5.38 Å². The van der Waals surface area contributed by atoms with E-state index < -0.39 is 0 Å². The summed E-state index contributed by atoms with van der Waals surface area (Å²) in [7, 11) is 0. The van der Waals surface area contributed by atoms with Gasteiger partial charge in [0.05, 0.1) is 9.72 Å². The van der Waals surface area contributed by atoms with Gasteiger partial charge in [0.2, 0.25) is 0 Å². The summed E-state index contributed by atoms with van der Waals surface area (Å²) >= 11 is 13.2. The van der Waals surface area contributed by atoms with Gasteiger partial charge in [0.1, 0.15) is 11.3 Å². The molecule has 0 unspecified atom stereocenters. The molecule has 62 valence electrons. The minimum atomic E-state index is 0.481. The van der Waals surface area contributed by atoms with E-state index in [2.05, 4.69) is 9.97 Å². The summed E-state index contributed by atoms with van der Waals surface area (Å²) < 4.78 is 0.854. The molecule has 2 rings (SSSR count). The van der Waals surface area contributed by atoms with Gasteiger partial charge in [-0.2, -0.15) is 0 Å². The molecule has 0 aliphatic carbocycles. The van der Waals surface area contributed by atoms with Crippen LogP contribution in [0.5, 0.6) is 0 Å². The number of fused-ring (bicyclic) bond motifs is 1. The molecule has 0 atom stereocenters. The standard InChI is InChI=1S/C7H4Cl2N2S/c1-3-10-5-4(8)2-12-6(5)7(9)11-3/h2H,1H3. The zero-order valence-electron chi connectivity index (χ0n) is 6.14. The molecule has 0 fully saturated rings. The highest BCUT2D eigenvalue weighted by molar-refractivity contribution is 7.18. The normalized spacial score (nSPS) is 10.9. The number of nitrogens with zero attached hydrogens (tertiary/aromatic N) is 2. The quantitative estimate of drug-likeness (QED) is 0.635. The van der Waals surface area contributed by atoms with Gasteiger partial charge in [-0.15, -0.1) is 11.3 Å². The third-order valence-corrected chi connectivity index (χ3v) is 3.22. The van der Waals surface area contributed by atoms with Crippen molar-refractivity contribution in [3.63, 3.8) is 0 Å². The highest BCUT2D eigenvalue weighted by Gasteiger charge is 2.08. The van der Waals surface area contributed by atoms with E-state index in [9.17, 15) is 0 Å². The van der Waals surface area contributed by atoms with Gasteiger partial charge >= 0.3 is 0 Å². The number of hydrogen-bond acceptors (Lipinski definition) is 3. The molecule has 12 heavy (non-hydrogen) atoms. The van der Waals surface area contributed by atoms with Gasteiger partial charge in [-0.05, 0) is 6.92 Å². The minimum absolute atomic E-state index is 0.481. The number of halogens is 2. The van der Waals surface area contributed by atoms with Crippen LogP contribution in [0, 0.1) is 6.92 Å². The zero-order chi connectivity index (χ0) is 8.72. The smallest absolute Gasteiger partial charge is 0.150 e. The Morgan fingerprint density at radius 1 is 1.33 bits per heavy atom. The molecule has 0 bridgehead atoms. The third kappa shape index (κ3) is 1.18. The van der Waals surface area contributed by atoms with Crippen LogP contribution in [0.2, 0.25) is 10.2 Å². The monoisotopic (exact) mass is 218 g/mol. The topological polar surface area (TPSA) is 25.8 Å². The molecule has 0 spiro atoms. The van der Waals surface area contributed by atoms with Crippen LogP contribution < -0.4 is 0 Å². The number of thiophene rings is 1. The first kappa shape index (κ1) is 8.23. The Bertz CT molecular complexity index is 438. The molecule has 2 aromatic heterocycles. The summed E-state index contributed by atoms with van der Waals surface area (Å²) in [6.45, 7) is 1.79. The van der Waals surface area contributed by atoms with E-state index in [1.165, 1.54) is 11.3 Å². The molecule has 0 aliphatic rings. The third-order valence-electron chi connectivity index (χ3n) is 1.44. The highest BCUT2D eigenvalue weighted by Crippen LogP contribution is 2.32. The van der Waals surface area contributed by atoms with E-state index in [0.717, 1.165) is 10.2 Å². The first-order valence-corrected chi connectivity index (χ1v) is 4.89. The SMILES string of the molecule is Cc1nc(Cl)c2scc(Cl)c2n1. The van der Waals surface area contributed by atoms with Crippen molar-refractivity contribution in [3.8, 4) is 0 Å². The van der Waals surface area contributed by atoms with Crippen LogP contribution in [-0.2, 0) is 0 Å². The lowest BCUT2D eigenvalue weighted by Crippen LogP contribution is -1.86. The van der Waals surface area contributed by atoms with Crippen molar-refractivity contribution in [3.05, 3.63) is 21.4 Å². The average Bonchev–Trinajstić information content (AvgIpc) is 2.33. The Morgan fingerprint density at radius 2 is 2.08 bits per heavy atom. The van der Waals surface area contributed by atoms with Crippen LogP contribution in [0.15, 0.2) is 5.38 Å². The lowest BCUT2D eigenvalue weighted by Gasteiger charge is -1.94. The largest absolute Gasteiger partial charge is 0.231 e. The van der Waals surface area contributed by atoms with Crippen molar-refractivity contribution < 1.29 is 0 Å². The van der Waals surface area contributed by atoms with E-state index in [4.69, 9.17) is 23.2 Å². The molecule has 2 nitrogen and oxygen atoms in total. The van der Waals surface area contributed by atoms with Crippen LogP contribution >= 0.6 is 34.5 Å². The zero-order valence-corrected chi connectivity index (χ0v) is 8.46. The Kier molecular flexibility index (Phi) is 1.94. The molecule has 0 aromatic carbocycles. The number of hydrogen-bond donors (Lipinski definition) is 0. The second-order valence-corrected chi connectivity index (χ2v) is 3.97. The van der Waals surface area contributed by atoms with E-state index >= 15 is 0 Å². The lowest BCUT2D eigenvalue weighted by molar-refractivity contribution is 1.10. The molecule has 2 aromatic rings. The molecule has 0 aliphatic heterocycles. The van der Waals surface area contributed by atoms with Crippen molar-refractivity contribution in [2.45, 2.75) is 6.92 Å². The van der Waals surface area contributed by atoms with E-state index in [0.29, 0.717) is 16.0 Å². The molecular weight excluding hydrogens is 215 g/mol. The Labute approximate surface area is 83.2 Å². The van der Waals surface area contributed by atoms with Gasteiger partial charge in [-0.25, -0.2) is 9.97 Å². The molecule has 5 heteroatoms. The van der Waals surface area contributed by atoms with E-state index in [-0.39, 0.29) is 0 Å². The predicted molar refractivity (Wildman–Crippen MR) is 52.2 cm³/mol. The second kappa shape index (κ2) is 2.83. The maximum absolute atomic E-state index is 5.88. The molecule has 0 saturated carbocycles. The van der Waals surface area contributed by atoms with E-state index in [1.54, 1.807) is 6.92 Å². The minimum Gasteiger partial charge on any atom is -0.231 e. The first-order chi connectivity index (χ1) is 5.68. The van der Waals surface area contributed by atoms with Crippen molar-refractivity contribution in [1.82, 2.24) is 9.97 Å². The summed E-state index contributed by atoms with van der Waals surface area (Å²) in [5.74, 6) is 0.646. The average molecular weight is 219 g/mol. The van der Waals surface area contributed by atoms with Gasteiger partial charge < -0.3 is 0 Å². The molecule has 0 saturated heterocycles. The van der Waals surface area contributed by atoms with Crippen LogP contribution in [0.3, 0.4) is 0 Å². The van der Waals surface area contributed by atoms with Crippen molar-refractivity contribution in [2.24, 2.45) is 0 Å². The summed E-state index contributed by atoms with van der Waals surface area (Å²) in [5.41, 5.74) is 0.749. The van der Waals surface area contributed by atoms with Gasteiger partial charge in [0.15, 0.2) is 5.15 Å². The Balaban J connectivity index is 2.92. The molecule has 0 radical (unpaired) electrons. The molecule has 2 heterocycles. The number of aromatic nitrogens is 2. The maximum Gasteiger partial charge on any atom is 0.150 e. The van der Waals surface area contributed by atoms with E-state index in [1.807, 2.05) is 5.38 Å². The van der Waals surface area contributed by atoms with Gasteiger partial charge in [-0.3, -0.25) is 0 Å². The predicted octanol–water partition coefficient (Wildman–Crippen LogP) is 3.31.